The molecule has 0 spiro atoms. The van der Waals surface area contributed by atoms with Crippen LogP contribution >= 0.6 is 0 Å². The molecule has 2 unspecified atom stereocenters. The van der Waals surface area contributed by atoms with Gasteiger partial charge in [0.15, 0.2) is 0 Å². The van der Waals surface area contributed by atoms with Crippen LogP contribution in [0.1, 0.15) is 79.1 Å². The van der Waals surface area contributed by atoms with E-state index in [0.717, 1.165) is 12.8 Å². The smallest absolute Gasteiger partial charge is 0.434 e. The molecule has 0 aromatic rings. The van der Waals surface area contributed by atoms with Crippen molar-refractivity contribution < 1.29 is 14.3 Å². The van der Waals surface area contributed by atoms with Crippen molar-refractivity contribution >= 4 is 6.16 Å². The molecule has 0 aliphatic carbocycles. The van der Waals surface area contributed by atoms with E-state index in [-0.39, 0.29) is 0 Å². The van der Waals surface area contributed by atoms with Crippen LogP contribution in [0.3, 0.4) is 0 Å². The fourth-order valence-electron chi connectivity index (χ4n) is 2.12. The van der Waals surface area contributed by atoms with Crippen LogP contribution in [0.2, 0.25) is 0 Å². The van der Waals surface area contributed by atoms with Crippen molar-refractivity contribution in [2.24, 2.45) is 11.8 Å². The Morgan fingerprint density at radius 1 is 0.800 bits per heavy atom. The van der Waals surface area contributed by atoms with Gasteiger partial charge in [-0.25, -0.2) is 4.79 Å². The first-order valence-corrected chi connectivity index (χ1v) is 8.39. The molecular weight excluding hydrogens is 252 g/mol. The van der Waals surface area contributed by atoms with Crippen LogP contribution in [0.15, 0.2) is 0 Å². The highest BCUT2D eigenvalue weighted by Gasteiger charge is 2.08. The zero-order valence-corrected chi connectivity index (χ0v) is 14.0. The van der Waals surface area contributed by atoms with Crippen molar-refractivity contribution in [1.82, 2.24) is 0 Å². The predicted octanol–water partition coefficient (Wildman–Crippen LogP) is 5.57. The second-order valence-electron chi connectivity index (χ2n) is 6.02. The summed E-state index contributed by atoms with van der Waals surface area (Å²) >= 11 is 0. The normalized spacial score (nSPS) is 13.8. The van der Waals surface area contributed by atoms with Crippen molar-refractivity contribution in [3.63, 3.8) is 0 Å². The molecule has 3 heteroatoms. The van der Waals surface area contributed by atoms with Crippen LogP contribution < -0.4 is 0 Å². The molecular formula is C17H34O3. The number of ether oxygens (including phenoxy) is 2. The average molecular weight is 286 g/mol. The molecule has 0 aliphatic heterocycles. The maximum Gasteiger partial charge on any atom is 0.508 e. The third-order valence-corrected chi connectivity index (χ3v) is 3.76. The summed E-state index contributed by atoms with van der Waals surface area (Å²) in [6.07, 6.45) is 8.74. The van der Waals surface area contributed by atoms with Crippen LogP contribution in [-0.4, -0.2) is 19.4 Å². The fourth-order valence-corrected chi connectivity index (χ4v) is 2.12. The minimum absolute atomic E-state index is 0.481. The first kappa shape index (κ1) is 19.3. The van der Waals surface area contributed by atoms with E-state index in [1.165, 1.54) is 38.5 Å². The number of carbonyl (C=O) groups excluding carboxylic acids is 1. The standard InChI is InChI=1S/C17H34O3/c1-5-7-9-15(3)11-13-19-17(18)20-14-12-16(4)10-8-6-2/h15-16H,5-14H2,1-4H3. The van der Waals surface area contributed by atoms with E-state index >= 15 is 0 Å². The third-order valence-electron chi connectivity index (χ3n) is 3.76. The van der Waals surface area contributed by atoms with E-state index in [1.54, 1.807) is 0 Å². The summed E-state index contributed by atoms with van der Waals surface area (Å²) in [5.74, 6) is 1.24. The molecule has 0 rings (SSSR count). The van der Waals surface area contributed by atoms with E-state index < -0.39 is 6.16 Å². The summed E-state index contributed by atoms with van der Waals surface area (Å²) in [7, 11) is 0. The van der Waals surface area contributed by atoms with E-state index in [9.17, 15) is 4.79 Å². The minimum atomic E-state index is -0.504. The van der Waals surface area contributed by atoms with E-state index in [4.69, 9.17) is 9.47 Å². The van der Waals surface area contributed by atoms with E-state index in [0.29, 0.717) is 25.0 Å². The molecule has 120 valence electrons. The maximum atomic E-state index is 11.4. The number of unbranched alkanes of at least 4 members (excludes halogenated alkanes) is 2. The highest BCUT2D eigenvalue weighted by atomic mass is 16.7. The molecule has 0 bridgehead atoms. The Balaban J connectivity index is 3.45. The SMILES string of the molecule is CCCCC(C)CCOC(=O)OCCC(C)CCCC. The van der Waals surface area contributed by atoms with Gasteiger partial charge >= 0.3 is 6.16 Å². The lowest BCUT2D eigenvalue weighted by atomic mass is 10.0. The first-order chi connectivity index (χ1) is 9.60. The molecule has 0 fully saturated rings. The van der Waals surface area contributed by atoms with Gasteiger partial charge in [-0.15, -0.1) is 0 Å². The van der Waals surface area contributed by atoms with Crippen LogP contribution in [0.25, 0.3) is 0 Å². The Hall–Kier alpha value is -0.730. The van der Waals surface area contributed by atoms with Gasteiger partial charge in [-0.2, -0.15) is 0 Å². The van der Waals surface area contributed by atoms with Gasteiger partial charge in [0.05, 0.1) is 13.2 Å². The molecule has 0 aromatic heterocycles. The molecule has 0 aromatic carbocycles. The molecule has 0 saturated heterocycles. The largest absolute Gasteiger partial charge is 0.508 e. The molecule has 0 saturated carbocycles. The quantitative estimate of drug-likeness (QED) is 0.440. The van der Waals surface area contributed by atoms with Gasteiger partial charge in [-0.05, 0) is 24.7 Å². The van der Waals surface area contributed by atoms with Crippen molar-refractivity contribution in [2.75, 3.05) is 13.2 Å². The number of hydrogen-bond acceptors (Lipinski definition) is 3. The van der Waals surface area contributed by atoms with Crippen molar-refractivity contribution in [2.45, 2.75) is 79.1 Å². The number of rotatable bonds is 12. The lowest BCUT2D eigenvalue weighted by Gasteiger charge is -2.12. The zero-order chi connectivity index (χ0) is 15.2. The summed E-state index contributed by atoms with van der Waals surface area (Å²) in [5.41, 5.74) is 0. The lowest BCUT2D eigenvalue weighted by molar-refractivity contribution is 0.0482. The third kappa shape index (κ3) is 12.3. The van der Waals surface area contributed by atoms with Gasteiger partial charge in [0.1, 0.15) is 0 Å². The Kier molecular flexibility index (Phi) is 12.8. The Bertz CT molecular complexity index is 206. The molecule has 3 nitrogen and oxygen atoms in total. The maximum absolute atomic E-state index is 11.4. The molecule has 2 atom stereocenters. The molecule has 20 heavy (non-hydrogen) atoms. The fraction of sp³-hybridized carbons (Fsp3) is 0.941. The summed E-state index contributed by atoms with van der Waals surface area (Å²) < 4.78 is 10.2. The minimum Gasteiger partial charge on any atom is -0.434 e. The summed E-state index contributed by atoms with van der Waals surface area (Å²) in [4.78, 5) is 11.4. The lowest BCUT2D eigenvalue weighted by Crippen LogP contribution is -2.12. The van der Waals surface area contributed by atoms with Crippen LogP contribution in [0.5, 0.6) is 0 Å². The summed E-state index contributed by atoms with van der Waals surface area (Å²) in [6.45, 7) is 9.77. The van der Waals surface area contributed by atoms with Gasteiger partial charge in [0.25, 0.3) is 0 Å². The molecule has 0 amide bonds. The topological polar surface area (TPSA) is 35.5 Å². The van der Waals surface area contributed by atoms with Crippen molar-refractivity contribution in [3.05, 3.63) is 0 Å². The molecule has 0 N–H and O–H groups in total. The Labute approximate surface area is 125 Å². The number of carbonyl (C=O) groups is 1. The van der Waals surface area contributed by atoms with Crippen molar-refractivity contribution in [1.29, 1.82) is 0 Å². The predicted molar refractivity (Wildman–Crippen MR) is 83.9 cm³/mol. The van der Waals surface area contributed by atoms with Crippen LogP contribution in [-0.2, 0) is 9.47 Å². The van der Waals surface area contributed by atoms with Crippen molar-refractivity contribution in [3.8, 4) is 0 Å². The van der Waals surface area contributed by atoms with Crippen LogP contribution in [0.4, 0.5) is 4.79 Å². The number of hydrogen-bond donors (Lipinski definition) is 0. The van der Waals surface area contributed by atoms with Gasteiger partial charge in [-0.3, -0.25) is 0 Å². The molecule has 0 heterocycles. The van der Waals surface area contributed by atoms with Gasteiger partial charge in [0.2, 0.25) is 0 Å². The highest BCUT2D eigenvalue weighted by molar-refractivity contribution is 5.59. The van der Waals surface area contributed by atoms with Gasteiger partial charge < -0.3 is 9.47 Å². The van der Waals surface area contributed by atoms with E-state index in [1.807, 2.05) is 0 Å². The molecule has 0 radical (unpaired) electrons. The Morgan fingerprint density at radius 2 is 1.20 bits per heavy atom. The summed E-state index contributed by atoms with van der Waals surface area (Å²) in [6, 6.07) is 0. The second kappa shape index (κ2) is 13.3. The average Bonchev–Trinajstić information content (AvgIpc) is 2.42. The molecule has 0 aliphatic rings. The summed E-state index contributed by atoms with van der Waals surface area (Å²) in [5, 5.41) is 0. The Morgan fingerprint density at radius 3 is 1.55 bits per heavy atom. The van der Waals surface area contributed by atoms with Gasteiger partial charge in [-0.1, -0.05) is 66.2 Å². The van der Waals surface area contributed by atoms with Crippen LogP contribution in [0, 0.1) is 11.8 Å². The zero-order valence-electron chi connectivity index (χ0n) is 14.0. The van der Waals surface area contributed by atoms with E-state index in [2.05, 4.69) is 27.7 Å². The monoisotopic (exact) mass is 286 g/mol. The van der Waals surface area contributed by atoms with Gasteiger partial charge in [0, 0.05) is 0 Å². The first-order valence-electron chi connectivity index (χ1n) is 8.39. The highest BCUT2D eigenvalue weighted by Crippen LogP contribution is 2.13. The second-order valence-corrected chi connectivity index (χ2v) is 6.02.